The molecule has 0 fully saturated rings. The van der Waals surface area contributed by atoms with Gasteiger partial charge in [0.15, 0.2) is 5.75 Å². The standard InChI is InChI=1S/C17H13N3O/c1-11-8-13(6-7-15(11)19)21-17-12(9-18)10-20-16-5-3-2-4-14(16)17/h2-8,10H,19H2,1H3. The fourth-order valence-electron chi connectivity index (χ4n) is 2.14. The van der Waals surface area contributed by atoms with Crippen molar-refractivity contribution in [3.05, 3.63) is 59.8 Å². The number of nitrogens with two attached hydrogens (primary N) is 1. The first-order chi connectivity index (χ1) is 10.2. The van der Waals surface area contributed by atoms with Crippen LogP contribution in [-0.4, -0.2) is 4.98 Å². The number of nitriles is 1. The van der Waals surface area contributed by atoms with Crippen molar-refractivity contribution >= 4 is 16.6 Å². The maximum Gasteiger partial charge on any atom is 0.156 e. The summed E-state index contributed by atoms with van der Waals surface area (Å²) in [6.45, 7) is 1.91. The highest BCUT2D eigenvalue weighted by molar-refractivity contribution is 5.87. The molecule has 2 N–H and O–H groups in total. The summed E-state index contributed by atoms with van der Waals surface area (Å²) in [5, 5.41) is 10.1. The van der Waals surface area contributed by atoms with E-state index < -0.39 is 0 Å². The van der Waals surface area contributed by atoms with E-state index in [-0.39, 0.29) is 0 Å². The van der Waals surface area contributed by atoms with Crippen LogP contribution < -0.4 is 10.5 Å². The molecule has 1 heterocycles. The lowest BCUT2D eigenvalue weighted by Crippen LogP contribution is -1.94. The number of para-hydroxylation sites is 1. The third kappa shape index (κ3) is 2.37. The first-order valence-corrected chi connectivity index (χ1v) is 6.51. The number of benzene rings is 2. The van der Waals surface area contributed by atoms with Crippen LogP contribution in [0.3, 0.4) is 0 Å². The minimum atomic E-state index is 0.406. The van der Waals surface area contributed by atoms with Crippen molar-refractivity contribution in [2.75, 3.05) is 5.73 Å². The van der Waals surface area contributed by atoms with Crippen LogP contribution in [0.25, 0.3) is 10.9 Å². The molecule has 3 aromatic rings. The van der Waals surface area contributed by atoms with Crippen molar-refractivity contribution < 1.29 is 4.74 Å². The number of anilines is 1. The Morgan fingerprint density at radius 3 is 2.76 bits per heavy atom. The Balaban J connectivity index is 2.14. The van der Waals surface area contributed by atoms with E-state index in [0.29, 0.717) is 22.7 Å². The third-order valence-electron chi connectivity index (χ3n) is 3.31. The molecule has 0 spiro atoms. The normalized spacial score (nSPS) is 10.3. The van der Waals surface area contributed by atoms with Crippen molar-refractivity contribution in [1.82, 2.24) is 4.98 Å². The first-order valence-electron chi connectivity index (χ1n) is 6.51. The van der Waals surface area contributed by atoms with E-state index in [1.807, 2.05) is 37.3 Å². The molecule has 0 radical (unpaired) electrons. The van der Waals surface area contributed by atoms with Gasteiger partial charge in [-0.05, 0) is 42.8 Å². The van der Waals surface area contributed by atoms with Crippen LogP contribution in [0, 0.1) is 18.3 Å². The van der Waals surface area contributed by atoms with Crippen LogP contribution >= 0.6 is 0 Å². The lowest BCUT2D eigenvalue weighted by atomic mass is 10.1. The number of aromatic nitrogens is 1. The Hall–Kier alpha value is -3.06. The number of fused-ring (bicyclic) bond motifs is 1. The van der Waals surface area contributed by atoms with E-state index in [4.69, 9.17) is 10.5 Å². The fourth-order valence-corrected chi connectivity index (χ4v) is 2.14. The molecule has 2 aromatic carbocycles. The minimum Gasteiger partial charge on any atom is -0.455 e. The summed E-state index contributed by atoms with van der Waals surface area (Å²) in [7, 11) is 0. The Morgan fingerprint density at radius 2 is 2.00 bits per heavy atom. The van der Waals surface area contributed by atoms with Crippen LogP contribution in [-0.2, 0) is 0 Å². The molecule has 4 nitrogen and oxygen atoms in total. The average molecular weight is 275 g/mol. The van der Waals surface area contributed by atoms with Gasteiger partial charge in [0.05, 0.1) is 5.52 Å². The van der Waals surface area contributed by atoms with Crippen molar-refractivity contribution in [2.24, 2.45) is 0 Å². The lowest BCUT2D eigenvalue weighted by Gasteiger charge is -2.11. The highest BCUT2D eigenvalue weighted by atomic mass is 16.5. The van der Waals surface area contributed by atoms with Crippen LogP contribution in [0.2, 0.25) is 0 Å². The first kappa shape index (κ1) is 12.9. The van der Waals surface area contributed by atoms with Crippen LogP contribution in [0.1, 0.15) is 11.1 Å². The second-order valence-electron chi connectivity index (χ2n) is 4.75. The number of rotatable bonds is 2. The van der Waals surface area contributed by atoms with Gasteiger partial charge in [-0.2, -0.15) is 5.26 Å². The van der Waals surface area contributed by atoms with Crippen LogP contribution in [0.15, 0.2) is 48.7 Å². The quantitative estimate of drug-likeness (QED) is 0.722. The maximum atomic E-state index is 9.26. The van der Waals surface area contributed by atoms with Gasteiger partial charge in [0.2, 0.25) is 0 Å². The molecule has 21 heavy (non-hydrogen) atoms. The predicted octanol–water partition coefficient (Wildman–Crippen LogP) is 3.79. The van der Waals surface area contributed by atoms with Gasteiger partial charge in [0.1, 0.15) is 17.4 Å². The van der Waals surface area contributed by atoms with E-state index in [9.17, 15) is 5.26 Å². The smallest absolute Gasteiger partial charge is 0.156 e. The summed E-state index contributed by atoms with van der Waals surface area (Å²) in [6, 6.07) is 15.1. The van der Waals surface area contributed by atoms with E-state index in [2.05, 4.69) is 11.1 Å². The van der Waals surface area contributed by atoms with Gasteiger partial charge < -0.3 is 10.5 Å². The summed E-state index contributed by atoms with van der Waals surface area (Å²) in [5.74, 6) is 1.17. The number of hydrogen-bond acceptors (Lipinski definition) is 4. The van der Waals surface area contributed by atoms with Gasteiger partial charge in [0, 0.05) is 17.3 Å². The molecular formula is C17H13N3O. The molecule has 0 amide bonds. The van der Waals surface area contributed by atoms with E-state index >= 15 is 0 Å². The predicted molar refractivity (Wildman–Crippen MR) is 82.1 cm³/mol. The molecule has 0 saturated heterocycles. The second kappa shape index (κ2) is 5.14. The van der Waals surface area contributed by atoms with Gasteiger partial charge in [-0.3, -0.25) is 4.98 Å². The van der Waals surface area contributed by atoms with E-state index in [1.54, 1.807) is 12.1 Å². The van der Waals surface area contributed by atoms with E-state index in [1.165, 1.54) is 6.20 Å². The Morgan fingerprint density at radius 1 is 1.19 bits per heavy atom. The average Bonchev–Trinajstić information content (AvgIpc) is 2.51. The van der Waals surface area contributed by atoms with Gasteiger partial charge >= 0.3 is 0 Å². The Labute approximate surface area is 122 Å². The molecule has 102 valence electrons. The molecule has 0 unspecified atom stereocenters. The zero-order valence-electron chi connectivity index (χ0n) is 11.5. The van der Waals surface area contributed by atoms with Crippen molar-refractivity contribution in [3.8, 4) is 17.6 Å². The Kier molecular flexibility index (Phi) is 3.17. The fraction of sp³-hybridized carbons (Fsp3) is 0.0588. The maximum absolute atomic E-state index is 9.26. The molecule has 0 saturated carbocycles. The molecule has 3 rings (SSSR count). The zero-order chi connectivity index (χ0) is 14.8. The summed E-state index contributed by atoms with van der Waals surface area (Å²) in [4.78, 5) is 4.26. The second-order valence-corrected chi connectivity index (χ2v) is 4.75. The summed E-state index contributed by atoms with van der Waals surface area (Å²) < 4.78 is 5.93. The summed E-state index contributed by atoms with van der Waals surface area (Å²) in [5.41, 5.74) is 8.65. The molecule has 0 aliphatic heterocycles. The lowest BCUT2D eigenvalue weighted by molar-refractivity contribution is 0.486. The minimum absolute atomic E-state index is 0.406. The molecule has 1 aromatic heterocycles. The van der Waals surface area contributed by atoms with Gasteiger partial charge in [-0.15, -0.1) is 0 Å². The number of aryl methyl sites for hydroxylation is 1. The summed E-state index contributed by atoms with van der Waals surface area (Å²) >= 11 is 0. The highest BCUT2D eigenvalue weighted by Gasteiger charge is 2.11. The van der Waals surface area contributed by atoms with Gasteiger partial charge in [-0.1, -0.05) is 12.1 Å². The largest absolute Gasteiger partial charge is 0.455 e. The van der Waals surface area contributed by atoms with Crippen molar-refractivity contribution in [3.63, 3.8) is 0 Å². The van der Waals surface area contributed by atoms with E-state index in [0.717, 1.165) is 16.5 Å². The number of hydrogen-bond donors (Lipinski definition) is 1. The zero-order valence-corrected chi connectivity index (χ0v) is 11.5. The molecule has 0 aliphatic rings. The summed E-state index contributed by atoms with van der Waals surface area (Å²) in [6.07, 6.45) is 1.53. The topological polar surface area (TPSA) is 71.9 Å². The molecule has 0 aliphatic carbocycles. The number of pyridine rings is 1. The number of ether oxygens (including phenoxy) is 1. The monoisotopic (exact) mass is 275 g/mol. The Bertz CT molecular complexity index is 866. The third-order valence-corrected chi connectivity index (χ3v) is 3.31. The number of nitrogens with zero attached hydrogens (tertiary/aromatic N) is 2. The molecule has 0 atom stereocenters. The number of nitrogen functional groups attached to an aromatic ring is 1. The molecule has 0 bridgehead atoms. The van der Waals surface area contributed by atoms with Gasteiger partial charge in [-0.25, -0.2) is 0 Å². The molecule has 4 heteroatoms. The van der Waals surface area contributed by atoms with Crippen molar-refractivity contribution in [1.29, 1.82) is 5.26 Å². The van der Waals surface area contributed by atoms with Gasteiger partial charge in [0.25, 0.3) is 0 Å². The SMILES string of the molecule is Cc1cc(Oc2c(C#N)cnc3ccccc23)ccc1N. The van der Waals surface area contributed by atoms with Crippen LogP contribution in [0.4, 0.5) is 5.69 Å². The van der Waals surface area contributed by atoms with Crippen molar-refractivity contribution in [2.45, 2.75) is 6.92 Å². The highest BCUT2D eigenvalue weighted by Crippen LogP contribution is 2.33. The molecular weight excluding hydrogens is 262 g/mol. The van der Waals surface area contributed by atoms with Crippen LogP contribution in [0.5, 0.6) is 11.5 Å².